The Hall–Kier alpha value is -1.68. The molecule has 4 nitrogen and oxygen atoms in total. The number of carbonyl (C=O) groups is 1. The molecule has 1 aliphatic rings. The lowest BCUT2D eigenvalue weighted by Crippen LogP contribution is -2.41. The van der Waals surface area contributed by atoms with Gasteiger partial charge in [0.05, 0.1) is 0 Å². The molecular formula is C19H25ClN2O2. The van der Waals surface area contributed by atoms with E-state index in [-0.39, 0.29) is 6.09 Å². The molecule has 2 heterocycles. The molecule has 0 radical (unpaired) electrons. The molecule has 0 aliphatic carbocycles. The van der Waals surface area contributed by atoms with E-state index >= 15 is 0 Å². The lowest BCUT2D eigenvalue weighted by molar-refractivity contribution is 0.0205. The molecule has 0 saturated carbocycles. The fraction of sp³-hybridized carbons (Fsp3) is 0.526. The van der Waals surface area contributed by atoms with E-state index in [4.69, 9.17) is 16.3 Å². The van der Waals surface area contributed by atoms with Crippen molar-refractivity contribution in [3.8, 4) is 0 Å². The summed E-state index contributed by atoms with van der Waals surface area (Å²) >= 11 is 6.19. The Balaban J connectivity index is 1.73. The largest absolute Gasteiger partial charge is 0.444 e. The van der Waals surface area contributed by atoms with Gasteiger partial charge in [0.25, 0.3) is 0 Å². The van der Waals surface area contributed by atoms with E-state index in [1.54, 1.807) is 0 Å². The monoisotopic (exact) mass is 348 g/mol. The van der Waals surface area contributed by atoms with Crippen LogP contribution in [0.25, 0.3) is 10.9 Å². The number of rotatable bonds is 1. The highest BCUT2D eigenvalue weighted by atomic mass is 35.5. The van der Waals surface area contributed by atoms with Crippen LogP contribution >= 0.6 is 11.6 Å². The van der Waals surface area contributed by atoms with E-state index in [0.717, 1.165) is 31.0 Å². The summed E-state index contributed by atoms with van der Waals surface area (Å²) in [6.45, 7) is 7.17. The van der Waals surface area contributed by atoms with Gasteiger partial charge in [-0.05, 0) is 63.3 Å². The number of likely N-dealkylation sites (tertiary alicyclic amines) is 1. The SMILES string of the molecule is Cn1cc(C2CCN(C(=O)OC(C)(C)C)CC2)c2cc(Cl)ccc21. The molecule has 3 rings (SSSR count). The molecule has 130 valence electrons. The van der Waals surface area contributed by atoms with Gasteiger partial charge in [0.15, 0.2) is 0 Å². The smallest absolute Gasteiger partial charge is 0.410 e. The second-order valence-electron chi connectivity index (χ2n) is 7.60. The van der Waals surface area contributed by atoms with Crippen molar-refractivity contribution >= 4 is 28.6 Å². The first-order valence-corrected chi connectivity index (χ1v) is 8.85. The van der Waals surface area contributed by atoms with E-state index < -0.39 is 5.60 Å². The van der Waals surface area contributed by atoms with Crippen molar-refractivity contribution in [3.05, 3.63) is 35.0 Å². The minimum absolute atomic E-state index is 0.207. The number of aromatic nitrogens is 1. The van der Waals surface area contributed by atoms with Gasteiger partial charge in [-0.1, -0.05) is 11.6 Å². The molecule has 2 aromatic rings. The molecule has 1 amide bonds. The van der Waals surface area contributed by atoms with E-state index in [0.29, 0.717) is 5.92 Å². The lowest BCUT2D eigenvalue weighted by Gasteiger charge is -2.33. The molecule has 1 saturated heterocycles. The average molecular weight is 349 g/mol. The van der Waals surface area contributed by atoms with Crippen LogP contribution in [-0.4, -0.2) is 34.3 Å². The number of nitrogens with zero attached hydrogens (tertiary/aromatic N) is 2. The number of aryl methyl sites for hydroxylation is 1. The third kappa shape index (κ3) is 3.54. The van der Waals surface area contributed by atoms with Crippen molar-refractivity contribution < 1.29 is 9.53 Å². The Kier molecular flexibility index (Phi) is 4.52. The number of amides is 1. The highest BCUT2D eigenvalue weighted by Gasteiger charge is 2.28. The van der Waals surface area contributed by atoms with Gasteiger partial charge >= 0.3 is 6.09 Å². The van der Waals surface area contributed by atoms with Crippen LogP contribution < -0.4 is 0 Å². The third-order valence-corrected chi connectivity index (χ3v) is 4.80. The van der Waals surface area contributed by atoms with Crippen molar-refractivity contribution in [1.82, 2.24) is 9.47 Å². The second kappa shape index (κ2) is 6.32. The molecule has 24 heavy (non-hydrogen) atoms. The van der Waals surface area contributed by atoms with E-state index in [2.05, 4.69) is 23.9 Å². The summed E-state index contributed by atoms with van der Waals surface area (Å²) in [4.78, 5) is 14.0. The highest BCUT2D eigenvalue weighted by Crippen LogP contribution is 2.35. The molecule has 1 aromatic carbocycles. The zero-order valence-corrected chi connectivity index (χ0v) is 15.6. The molecule has 5 heteroatoms. The first-order chi connectivity index (χ1) is 11.2. The molecule has 0 unspecified atom stereocenters. The second-order valence-corrected chi connectivity index (χ2v) is 8.03. The van der Waals surface area contributed by atoms with E-state index in [1.165, 1.54) is 16.5 Å². The molecule has 0 spiro atoms. The quantitative estimate of drug-likeness (QED) is 0.731. The molecule has 1 aliphatic heterocycles. The standard InChI is InChI=1S/C19H25ClN2O2/c1-19(2,3)24-18(23)22-9-7-13(8-10-22)16-12-21(4)17-6-5-14(20)11-15(16)17/h5-6,11-13H,7-10H2,1-4H3. The number of hydrogen-bond acceptors (Lipinski definition) is 2. The van der Waals surface area contributed by atoms with Gasteiger partial charge in [-0.3, -0.25) is 0 Å². The van der Waals surface area contributed by atoms with Crippen LogP contribution in [0.2, 0.25) is 5.02 Å². The number of hydrogen-bond donors (Lipinski definition) is 0. The van der Waals surface area contributed by atoms with Crippen LogP contribution in [0.5, 0.6) is 0 Å². The maximum atomic E-state index is 12.2. The van der Waals surface area contributed by atoms with Gasteiger partial charge in [-0.15, -0.1) is 0 Å². The summed E-state index contributed by atoms with van der Waals surface area (Å²) in [5.74, 6) is 0.450. The number of carbonyl (C=O) groups excluding carboxylic acids is 1. The van der Waals surface area contributed by atoms with Gasteiger partial charge in [0.2, 0.25) is 0 Å². The molecule has 0 N–H and O–H groups in total. The summed E-state index contributed by atoms with van der Waals surface area (Å²) in [7, 11) is 2.07. The van der Waals surface area contributed by atoms with Crippen LogP contribution in [0.4, 0.5) is 4.79 Å². The number of benzene rings is 1. The Morgan fingerprint density at radius 3 is 2.54 bits per heavy atom. The molecular weight excluding hydrogens is 324 g/mol. The van der Waals surface area contributed by atoms with E-state index in [1.807, 2.05) is 37.8 Å². The van der Waals surface area contributed by atoms with Crippen molar-refractivity contribution in [2.75, 3.05) is 13.1 Å². The van der Waals surface area contributed by atoms with Gasteiger partial charge in [-0.25, -0.2) is 4.79 Å². The number of halogens is 1. The van der Waals surface area contributed by atoms with Gasteiger partial charge < -0.3 is 14.2 Å². The molecule has 0 bridgehead atoms. The predicted octanol–water partition coefficient (Wildman–Crippen LogP) is 4.95. The van der Waals surface area contributed by atoms with Crippen LogP contribution in [0.1, 0.15) is 45.1 Å². The summed E-state index contributed by atoms with van der Waals surface area (Å²) in [6, 6.07) is 6.04. The number of fused-ring (bicyclic) bond motifs is 1. The fourth-order valence-electron chi connectivity index (χ4n) is 3.42. The number of piperidine rings is 1. The molecule has 1 fully saturated rings. The zero-order valence-electron chi connectivity index (χ0n) is 14.8. The Morgan fingerprint density at radius 1 is 1.25 bits per heavy atom. The first-order valence-electron chi connectivity index (χ1n) is 8.47. The van der Waals surface area contributed by atoms with Gasteiger partial charge in [0.1, 0.15) is 5.60 Å². The zero-order chi connectivity index (χ0) is 17.5. The Morgan fingerprint density at radius 2 is 1.92 bits per heavy atom. The van der Waals surface area contributed by atoms with Crippen LogP contribution in [0, 0.1) is 0 Å². The highest BCUT2D eigenvalue weighted by molar-refractivity contribution is 6.31. The van der Waals surface area contributed by atoms with E-state index in [9.17, 15) is 4.79 Å². The Bertz CT molecular complexity index is 753. The minimum atomic E-state index is -0.444. The summed E-state index contributed by atoms with van der Waals surface area (Å²) < 4.78 is 7.63. The molecule has 1 aromatic heterocycles. The van der Waals surface area contributed by atoms with Gasteiger partial charge in [-0.2, -0.15) is 0 Å². The topological polar surface area (TPSA) is 34.5 Å². The van der Waals surface area contributed by atoms with Crippen molar-refractivity contribution in [3.63, 3.8) is 0 Å². The maximum Gasteiger partial charge on any atom is 0.410 e. The first kappa shape index (κ1) is 17.2. The normalized spacial score (nSPS) is 16.6. The van der Waals surface area contributed by atoms with Gasteiger partial charge in [0, 0.05) is 42.3 Å². The summed E-state index contributed by atoms with van der Waals surface area (Å²) in [5.41, 5.74) is 2.09. The fourth-order valence-corrected chi connectivity index (χ4v) is 3.59. The average Bonchev–Trinajstić information content (AvgIpc) is 2.82. The van der Waals surface area contributed by atoms with Crippen LogP contribution in [-0.2, 0) is 11.8 Å². The van der Waals surface area contributed by atoms with Crippen molar-refractivity contribution in [2.45, 2.75) is 45.1 Å². The summed E-state index contributed by atoms with van der Waals surface area (Å²) in [6.07, 6.45) is 3.90. The van der Waals surface area contributed by atoms with Crippen LogP contribution in [0.3, 0.4) is 0 Å². The lowest BCUT2D eigenvalue weighted by atomic mass is 9.89. The maximum absolute atomic E-state index is 12.2. The minimum Gasteiger partial charge on any atom is -0.444 e. The third-order valence-electron chi connectivity index (χ3n) is 4.57. The number of ether oxygens (including phenoxy) is 1. The Labute approximate surface area is 148 Å². The predicted molar refractivity (Wildman–Crippen MR) is 97.7 cm³/mol. The molecule has 0 atom stereocenters. The van der Waals surface area contributed by atoms with Crippen LogP contribution in [0.15, 0.2) is 24.4 Å². The summed E-state index contributed by atoms with van der Waals surface area (Å²) in [5, 5.41) is 1.99. The van der Waals surface area contributed by atoms with Crippen molar-refractivity contribution in [1.29, 1.82) is 0 Å². The van der Waals surface area contributed by atoms with Crippen molar-refractivity contribution in [2.24, 2.45) is 7.05 Å².